The first kappa shape index (κ1) is 19.9. The Morgan fingerprint density at radius 3 is 2.39 bits per heavy atom. The molecule has 7 heteroatoms. The molecule has 28 heavy (non-hydrogen) atoms. The first-order valence-electron chi connectivity index (χ1n) is 10.8. The minimum Gasteiger partial charge on any atom is -0.395 e. The molecular weight excluding hydrogens is 374 g/mol. The SMILES string of the molecule is O=c1c2c3c(sc2nc(N(CCO)CCO)n1C1CCCCC1)CCCCC3. The summed E-state index contributed by atoms with van der Waals surface area (Å²) in [6, 6.07) is 0.161. The number of nitrogens with zero attached hydrogens (tertiary/aromatic N) is 3. The number of thiophene rings is 1. The molecule has 4 rings (SSSR count). The number of aromatic nitrogens is 2. The lowest BCUT2D eigenvalue weighted by Crippen LogP contribution is -2.38. The minimum atomic E-state index is -0.0283. The zero-order valence-electron chi connectivity index (χ0n) is 16.5. The van der Waals surface area contributed by atoms with E-state index >= 15 is 0 Å². The average Bonchev–Trinajstić information content (AvgIpc) is 2.90. The lowest BCUT2D eigenvalue weighted by Gasteiger charge is -2.31. The van der Waals surface area contributed by atoms with Gasteiger partial charge in [-0.1, -0.05) is 25.7 Å². The summed E-state index contributed by atoms with van der Waals surface area (Å²) >= 11 is 1.67. The third kappa shape index (κ3) is 3.72. The number of aryl methyl sites for hydroxylation is 2. The van der Waals surface area contributed by atoms with Crippen LogP contribution in [0, 0.1) is 0 Å². The Hall–Kier alpha value is -1.44. The molecular formula is C21H31N3O3S. The maximum absolute atomic E-state index is 13.8. The van der Waals surface area contributed by atoms with Gasteiger partial charge in [0.25, 0.3) is 5.56 Å². The Kier molecular flexibility index (Phi) is 6.33. The zero-order chi connectivity index (χ0) is 19.5. The van der Waals surface area contributed by atoms with E-state index in [4.69, 9.17) is 4.98 Å². The van der Waals surface area contributed by atoms with Crippen molar-refractivity contribution in [1.82, 2.24) is 9.55 Å². The molecule has 154 valence electrons. The van der Waals surface area contributed by atoms with E-state index in [9.17, 15) is 15.0 Å². The van der Waals surface area contributed by atoms with Crippen LogP contribution in [-0.4, -0.2) is 46.1 Å². The predicted octanol–water partition coefficient (Wildman–Crippen LogP) is 3.02. The van der Waals surface area contributed by atoms with Crippen molar-refractivity contribution < 1.29 is 10.2 Å². The summed E-state index contributed by atoms with van der Waals surface area (Å²) in [5.74, 6) is 0.629. The van der Waals surface area contributed by atoms with Gasteiger partial charge in [0.2, 0.25) is 5.95 Å². The second-order valence-electron chi connectivity index (χ2n) is 8.06. The number of anilines is 1. The fourth-order valence-electron chi connectivity index (χ4n) is 4.83. The van der Waals surface area contributed by atoms with Gasteiger partial charge in [0.1, 0.15) is 4.83 Å². The molecule has 0 saturated heterocycles. The number of hydrogen-bond donors (Lipinski definition) is 2. The Balaban J connectivity index is 1.91. The molecule has 1 fully saturated rings. The van der Waals surface area contributed by atoms with E-state index in [1.54, 1.807) is 11.3 Å². The summed E-state index contributed by atoms with van der Waals surface area (Å²) in [5, 5.41) is 19.9. The fourth-order valence-corrected chi connectivity index (χ4v) is 6.08. The number of fused-ring (bicyclic) bond motifs is 3. The van der Waals surface area contributed by atoms with Gasteiger partial charge in [0.05, 0.1) is 18.6 Å². The molecule has 0 radical (unpaired) electrons. The summed E-state index contributed by atoms with van der Waals surface area (Å²) in [6.07, 6.45) is 11.1. The average molecular weight is 406 g/mol. The van der Waals surface area contributed by atoms with Crippen LogP contribution in [0.15, 0.2) is 4.79 Å². The molecule has 0 aromatic carbocycles. The van der Waals surface area contributed by atoms with Crippen molar-refractivity contribution in [3.8, 4) is 0 Å². The molecule has 2 heterocycles. The van der Waals surface area contributed by atoms with Gasteiger partial charge in [-0.25, -0.2) is 4.98 Å². The van der Waals surface area contributed by atoms with Crippen molar-refractivity contribution in [2.45, 2.75) is 70.3 Å². The summed E-state index contributed by atoms with van der Waals surface area (Å²) in [6.45, 7) is 0.686. The zero-order valence-corrected chi connectivity index (χ0v) is 17.3. The second kappa shape index (κ2) is 8.93. The summed E-state index contributed by atoms with van der Waals surface area (Å²) in [7, 11) is 0. The van der Waals surface area contributed by atoms with Gasteiger partial charge in [0.15, 0.2) is 0 Å². The van der Waals surface area contributed by atoms with Crippen molar-refractivity contribution in [2.75, 3.05) is 31.2 Å². The summed E-state index contributed by atoms with van der Waals surface area (Å²) in [5.41, 5.74) is 1.33. The molecule has 2 aromatic heterocycles. The van der Waals surface area contributed by atoms with Gasteiger partial charge in [-0.05, 0) is 44.1 Å². The first-order valence-corrected chi connectivity index (χ1v) is 11.6. The highest BCUT2D eigenvalue weighted by molar-refractivity contribution is 7.18. The van der Waals surface area contributed by atoms with Gasteiger partial charge in [-0.3, -0.25) is 9.36 Å². The first-order chi connectivity index (χ1) is 13.7. The molecule has 0 aliphatic heterocycles. The monoisotopic (exact) mass is 405 g/mol. The van der Waals surface area contributed by atoms with E-state index in [0.717, 1.165) is 55.2 Å². The lowest BCUT2D eigenvalue weighted by molar-refractivity contribution is 0.276. The fraction of sp³-hybridized carbons (Fsp3) is 0.714. The van der Waals surface area contributed by atoms with E-state index in [1.807, 2.05) is 9.47 Å². The number of aliphatic hydroxyl groups excluding tert-OH is 2. The maximum atomic E-state index is 13.8. The van der Waals surface area contributed by atoms with E-state index < -0.39 is 0 Å². The van der Waals surface area contributed by atoms with Gasteiger partial charge >= 0.3 is 0 Å². The van der Waals surface area contributed by atoms with Crippen LogP contribution in [0.4, 0.5) is 5.95 Å². The Bertz CT molecular complexity index is 864. The summed E-state index contributed by atoms with van der Waals surface area (Å²) in [4.78, 5) is 22.8. The molecule has 0 bridgehead atoms. The number of aliphatic hydroxyl groups is 2. The minimum absolute atomic E-state index is 0.0283. The maximum Gasteiger partial charge on any atom is 0.264 e. The van der Waals surface area contributed by atoms with Crippen molar-refractivity contribution in [1.29, 1.82) is 0 Å². The Labute approximate surface area is 169 Å². The quantitative estimate of drug-likeness (QED) is 0.723. The third-order valence-corrected chi connectivity index (χ3v) is 7.40. The van der Waals surface area contributed by atoms with Crippen molar-refractivity contribution in [3.63, 3.8) is 0 Å². The highest BCUT2D eigenvalue weighted by atomic mass is 32.1. The van der Waals surface area contributed by atoms with Gasteiger partial charge in [-0.15, -0.1) is 11.3 Å². The Morgan fingerprint density at radius 1 is 1.00 bits per heavy atom. The van der Waals surface area contributed by atoms with Crippen LogP contribution in [0.5, 0.6) is 0 Å². The molecule has 6 nitrogen and oxygen atoms in total. The molecule has 0 amide bonds. The largest absolute Gasteiger partial charge is 0.395 e. The summed E-state index contributed by atoms with van der Waals surface area (Å²) < 4.78 is 1.91. The third-order valence-electron chi connectivity index (χ3n) is 6.21. The van der Waals surface area contributed by atoms with Crippen LogP contribution in [0.25, 0.3) is 10.2 Å². The molecule has 0 unspecified atom stereocenters. The van der Waals surface area contributed by atoms with Crippen LogP contribution in [0.1, 0.15) is 67.8 Å². The Morgan fingerprint density at radius 2 is 1.68 bits per heavy atom. The van der Waals surface area contributed by atoms with Crippen molar-refractivity contribution in [3.05, 3.63) is 20.8 Å². The standard InChI is InChI=1S/C21H31N3O3S/c25-13-11-23(12-14-26)21-22-19-18(16-9-5-2-6-10-17(16)28-19)20(27)24(21)15-7-3-1-4-8-15/h15,25-26H,1-14H2. The van der Waals surface area contributed by atoms with Gasteiger partial charge < -0.3 is 15.1 Å². The van der Waals surface area contributed by atoms with Crippen LogP contribution in [0.2, 0.25) is 0 Å². The molecule has 0 atom stereocenters. The molecule has 2 aliphatic rings. The van der Waals surface area contributed by atoms with E-state index in [2.05, 4.69) is 0 Å². The number of hydrogen-bond acceptors (Lipinski definition) is 6. The van der Waals surface area contributed by atoms with E-state index in [0.29, 0.717) is 19.0 Å². The smallest absolute Gasteiger partial charge is 0.264 e. The van der Waals surface area contributed by atoms with Crippen LogP contribution in [0.3, 0.4) is 0 Å². The molecule has 2 N–H and O–H groups in total. The van der Waals surface area contributed by atoms with Gasteiger partial charge in [0, 0.05) is 24.0 Å². The van der Waals surface area contributed by atoms with Gasteiger partial charge in [-0.2, -0.15) is 0 Å². The topological polar surface area (TPSA) is 78.6 Å². The second-order valence-corrected chi connectivity index (χ2v) is 9.14. The highest BCUT2D eigenvalue weighted by Crippen LogP contribution is 2.36. The van der Waals surface area contributed by atoms with Crippen LogP contribution < -0.4 is 10.5 Å². The van der Waals surface area contributed by atoms with Crippen LogP contribution in [-0.2, 0) is 12.8 Å². The van der Waals surface area contributed by atoms with Crippen molar-refractivity contribution >= 4 is 27.5 Å². The molecule has 0 spiro atoms. The molecule has 1 saturated carbocycles. The van der Waals surface area contributed by atoms with Crippen LogP contribution >= 0.6 is 11.3 Å². The predicted molar refractivity (Wildman–Crippen MR) is 114 cm³/mol. The number of rotatable bonds is 6. The lowest BCUT2D eigenvalue weighted by atomic mass is 9.95. The molecule has 2 aliphatic carbocycles. The molecule has 2 aromatic rings. The highest BCUT2D eigenvalue weighted by Gasteiger charge is 2.27. The normalized spacial score (nSPS) is 18.2. The van der Waals surface area contributed by atoms with Crippen molar-refractivity contribution in [2.24, 2.45) is 0 Å². The van der Waals surface area contributed by atoms with E-state index in [1.165, 1.54) is 29.7 Å². The van der Waals surface area contributed by atoms with E-state index in [-0.39, 0.29) is 24.8 Å².